The zero-order chi connectivity index (χ0) is 14.3. The van der Waals surface area contributed by atoms with Crippen molar-refractivity contribution in [1.29, 1.82) is 0 Å². The number of aliphatic hydroxyl groups is 2. The van der Waals surface area contributed by atoms with E-state index in [1.807, 2.05) is 13.0 Å². The van der Waals surface area contributed by atoms with Crippen molar-refractivity contribution in [1.82, 2.24) is 0 Å². The lowest BCUT2D eigenvalue weighted by atomic mass is 9.56. The summed E-state index contributed by atoms with van der Waals surface area (Å²) < 4.78 is 10.8. The molecule has 0 aromatic heterocycles. The molecule has 5 unspecified atom stereocenters. The molecular weight excluding hydrogens is 260 g/mol. The van der Waals surface area contributed by atoms with E-state index >= 15 is 0 Å². The molecule has 5 heteroatoms. The number of fused-ring (bicyclic) bond motifs is 3. The number of ether oxygens (including phenoxy) is 2. The zero-order valence-corrected chi connectivity index (χ0v) is 11.5. The van der Waals surface area contributed by atoms with Gasteiger partial charge in [0.1, 0.15) is 11.7 Å². The number of rotatable bonds is 0. The van der Waals surface area contributed by atoms with Gasteiger partial charge in [-0.15, -0.1) is 0 Å². The molecule has 2 fully saturated rings. The quantitative estimate of drug-likeness (QED) is 0.387. The van der Waals surface area contributed by atoms with Gasteiger partial charge in [-0.2, -0.15) is 0 Å². The van der Waals surface area contributed by atoms with Crippen molar-refractivity contribution in [2.24, 2.45) is 11.3 Å². The molecule has 1 saturated heterocycles. The van der Waals surface area contributed by atoms with Crippen LogP contribution in [0.25, 0.3) is 0 Å². The van der Waals surface area contributed by atoms with E-state index in [1.54, 1.807) is 13.0 Å². The molecule has 0 radical (unpaired) electrons. The van der Waals surface area contributed by atoms with Gasteiger partial charge in [-0.3, -0.25) is 0 Å². The Balaban J connectivity index is 1.82. The van der Waals surface area contributed by atoms with Crippen LogP contribution in [0.1, 0.15) is 26.7 Å². The van der Waals surface area contributed by atoms with Crippen molar-refractivity contribution in [2.45, 2.75) is 44.2 Å². The minimum Gasteiger partial charge on any atom is -0.426 e. The molecule has 5 atom stereocenters. The van der Waals surface area contributed by atoms with E-state index in [9.17, 15) is 15.0 Å². The first-order valence-electron chi connectivity index (χ1n) is 6.98. The summed E-state index contributed by atoms with van der Waals surface area (Å²) in [6.45, 7) is 4.24. The number of aliphatic hydroxyl groups excluding tert-OH is 1. The third-order valence-corrected chi connectivity index (χ3v) is 5.54. The topological polar surface area (TPSA) is 79.3 Å². The van der Waals surface area contributed by atoms with E-state index < -0.39 is 23.5 Å². The zero-order valence-electron chi connectivity index (χ0n) is 11.5. The highest BCUT2D eigenvalue weighted by Gasteiger charge is 2.68. The largest absolute Gasteiger partial charge is 0.426 e. The van der Waals surface area contributed by atoms with Crippen LogP contribution in [-0.4, -0.2) is 40.3 Å². The molecule has 2 heterocycles. The summed E-state index contributed by atoms with van der Waals surface area (Å²) in [5.41, 5.74) is 0.250. The van der Waals surface area contributed by atoms with Gasteiger partial charge in [0.05, 0.1) is 6.61 Å². The summed E-state index contributed by atoms with van der Waals surface area (Å²) in [6, 6.07) is 0. The highest BCUT2D eigenvalue weighted by atomic mass is 16.7. The van der Waals surface area contributed by atoms with E-state index in [4.69, 9.17) is 9.47 Å². The van der Waals surface area contributed by atoms with Crippen molar-refractivity contribution in [3.8, 4) is 0 Å². The van der Waals surface area contributed by atoms with Crippen molar-refractivity contribution in [3.05, 3.63) is 23.3 Å². The van der Waals surface area contributed by atoms with E-state index in [0.717, 1.165) is 0 Å². The normalized spacial score (nSPS) is 52.9. The molecule has 0 amide bonds. The Labute approximate surface area is 116 Å². The Morgan fingerprint density at radius 3 is 2.80 bits per heavy atom. The maximum Gasteiger partial charge on any atom is 0.336 e. The predicted molar refractivity (Wildman–Crippen MR) is 68.4 cm³/mol. The van der Waals surface area contributed by atoms with Crippen LogP contribution in [0, 0.1) is 11.3 Å². The maximum absolute atomic E-state index is 11.8. The van der Waals surface area contributed by atoms with Gasteiger partial charge in [0, 0.05) is 23.5 Å². The first-order valence-corrected chi connectivity index (χ1v) is 6.98. The molecular formula is C15H18O5. The molecule has 1 spiro atoms. The van der Waals surface area contributed by atoms with Gasteiger partial charge in [0.15, 0.2) is 0 Å². The molecule has 1 saturated carbocycles. The maximum atomic E-state index is 11.8. The Bertz CT molecular complexity index is 573. The fourth-order valence-corrected chi connectivity index (χ4v) is 4.28. The highest BCUT2D eigenvalue weighted by molar-refractivity contribution is 5.92. The Hall–Kier alpha value is -1.17. The van der Waals surface area contributed by atoms with E-state index in [2.05, 4.69) is 0 Å². The summed E-state index contributed by atoms with van der Waals surface area (Å²) in [7, 11) is 0. The number of esters is 1. The van der Waals surface area contributed by atoms with Crippen LogP contribution in [0.5, 0.6) is 0 Å². The third kappa shape index (κ3) is 1.31. The first-order chi connectivity index (χ1) is 9.31. The summed E-state index contributed by atoms with van der Waals surface area (Å²) in [4.78, 5) is 11.8. The van der Waals surface area contributed by atoms with Gasteiger partial charge in [0.25, 0.3) is 0 Å². The molecule has 0 bridgehead atoms. The van der Waals surface area contributed by atoms with Crippen LogP contribution in [0.4, 0.5) is 0 Å². The van der Waals surface area contributed by atoms with Crippen molar-refractivity contribution in [3.63, 3.8) is 0 Å². The molecule has 20 heavy (non-hydrogen) atoms. The average molecular weight is 278 g/mol. The number of allylic oxidation sites excluding steroid dienone is 1. The van der Waals surface area contributed by atoms with Crippen LogP contribution >= 0.6 is 0 Å². The van der Waals surface area contributed by atoms with Crippen LogP contribution in [0.15, 0.2) is 23.3 Å². The summed E-state index contributed by atoms with van der Waals surface area (Å²) in [6.07, 6.45) is 3.89. The SMILES string of the molecule is CC1=C2CC3C(C)(C=CC(O)C34CO4)CC2(O)OC1=O. The Morgan fingerprint density at radius 2 is 2.15 bits per heavy atom. The standard InChI is InChI=1S/C15H18O5/c1-8-9-5-10-13(2,6-15(9,18)20-12(8)17)4-3-11(16)14(10)7-19-14/h3-4,10-11,16,18H,5-7H2,1-2H3. The molecule has 108 valence electrons. The summed E-state index contributed by atoms with van der Waals surface area (Å²) in [5, 5.41) is 20.9. The van der Waals surface area contributed by atoms with E-state index in [1.165, 1.54) is 0 Å². The second kappa shape index (κ2) is 3.35. The molecule has 2 aliphatic heterocycles. The minimum absolute atomic E-state index is 0.0507. The molecule has 4 rings (SSSR count). The molecule has 5 nitrogen and oxygen atoms in total. The number of epoxide rings is 1. The van der Waals surface area contributed by atoms with E-state index in [-0.39, 0.29) is 11.3 Å². The van der Waals surface area contributed by atoms with E-state index in [0.29, 0.717) is 30.6 Å². The molecule has 0 aromatic rings. The van der Waals surface area contributed by atoms with Crippen LogP contribution in [-0.2, 0) is 14.3 Å². The smallest absolute Gasteiger partial charge is 0.336 e. The third-order valence-electron chi connectivity index (χ3n) is 5.54. The molecule has 4 aliphatic rings. The second-order valence-corrected chi connectivity index (χ2v) is 6.76. The first kappa shape index (κ1) is 12.6. The van der Waals surface area contributed by atoms with Crippen molar-refractivity contribution < 1.29 is 24.5 Å². The van der Waals surface area contributed by atoms with Crippen LogP contribution in [0.2, 0.25) is 0 Å². The Morgan fingerprint density at radius 1 is 1.45 bits per heavy atom. The lowest BCUT2D eigenvalue weighted by molar-refractivity contribution is -0.203. The second-order valence-electron chi connectivity index (χ2n) is 6.76. The fourth-order valence-electron chi connectivity index (χ4n) is 4.28. The average Bonchev–Trinajstić information content (AvgIpc) is 3.10. The summed E-state index contributed by atoms with van der Waals surface area (Å²) >= 11 is 0. The predicted octanol–water partition coefficient (Wildman–Crippen LogP) is 0.664. The molecule has 2 N–H and O–H groups in total. The number of carbonyl (C=O) groups excluding carboxylic acids is 1. The molecule has 0 aromatic carbocycles. The number of hydrogen-bond acceptors (Lipinski definition) is 5. The van der Waals surface area contributed by atoms with Gasteiger partial charge in [0.2, 0.25) is 5.79 Å². The lowest BCUT2D eigenvalue weighted by Crippen LogP contribution is -2.55. The minimum atomic E-state index is -1.49. The van der Waals surface area contributed by atoms with Gasteiger partial charge < -0.3 is 19.7 Å². The number of hydrogen-bond donors (Lipinski definition) is 2. The van der Waals surface area contributed by atoms with Crippen LogP contribution in [0.3, 0.4) is 0 Å². The van der Waals surface area contributed by atoms with Crippen LogP contribution < -0.4 is 0 Å². The number of carbonyl (C=O) groups is 1. The van der Waals surface area contributed by atoms with Gasteiger partial charge in [-0.05, 0) is 18.8 Å². The summed E-state index contributed by atoms with van der Waals surface area (Å²) in [5.74, 6) is -1.88. The van der Waals surface area contributed by atoms with Gasteiger partial charge >= 0.3 is 5.97 Å². The monoisotopic (exact) mass is 278 g/mol. The highest BCUT2D eigenvalue weighted by Crippen LogP contribution is 2.61. The lowest BCUT2D eigenvalue weighted by Gasteiger charge is -2.50. The van der Waals surface area contributed by atoms with Gasteiger partial charge in [-0.1, -0.05) is 19.1 Å². The Kier molecular flexibility index (Phi) is 2.10. The van der Waals surface area contributed by atoms with Crippen molar-refractivity contribution >= 4 is 5.97 Å². The fraction of sp³-hybridized carbons (Fsp3) is 0.667. The van der Waals surface area contributed by atoms with Gasteiger partial charge in [-0.25, -0.2) is 4.79 Å². The molecule has 2 aliphatic carbocycles. The van der Waals surface area contributed by atoms with Crippen molar-refractivity contribution in [2.75, 3.05) is 6.61 Å².